The van der Waals surface area contributed by atoms with Crippen molar-refractivity contribution in [3.63, 3.8) is 0 Å². The molecule has 0 fully saturated rings. The van der Waals surface area contributed by atoms with Gasteiger partial charge in [0.2, 0.25) is 11.8 Å². The van der Waals surface area contributed by atoms with Crippen LogP contribution in [-0.2, 0) is 16.0 Å². The van der Waals surface area contributed by atoms with Crippen LogP contribution in [0.5, 0.6) is 0 Å². The number of carbonyl (C=O) groups excluding carboxylic acids is 2. The maximum atomic E-state index is 12.0. The summed E-state index contributed by atoms with van der Waals surface area (Å²) in [5.41, 5.74) is 2.26. The minimum Gasteiger partial charge on any atom is -0.326 e. The Kier molecular flexibility index (Phi) is 6.63. The van der Waals surface area contributed by atoms with Gasteiger partial charge in [-0.3, -0.25) is 9.59 Å². The highest BCUT2D eigenvalue weighted by Crippen LogP contribution is 2.16. The standard InChI is InChI=1S/C18H19ClN2O2/c19-11-5-10-17(22)20-15-8-4-9-16(13-15)21-18(23)12-14-6-2-1-3-7-14/h1-4,6-9,13H,5,10-12H2,(H,20,22)(H,21,23). The van der Waals surface area contributed by atoms with E-state index in [-0.39, 0.29) is 11.8 Å². The summed E-state index contributed by atoms with van der Waals surface area (Å²) in [4.78, 5) is 23.7. The Morgan fingerprint density at radius 3 is 2.17 bits per heavy atom. The van der Waals surface area contributed by atoms with Gasteiger partial charge in [0.1, 0.15) is 0 Å². The van der Waals surface area contributed by atoms with E-state index < -0.39 is 0 Å². The second-order valence-electron chi connectivity index (χ2n) is 5.13. The third-order valence-corrected chi connectivity index (χ3v) is 3.44. The van der Waals surface area contributed by atoms with Crippen LogP contribution in [0, 0.1) is 0 Å². The van der Waals surface area contributed by atoms with Crippen LogP contribution in [0.1, 0.15) is 18.4 Å². The maximum Gasteiger partial charge on any atom is 0.228 e. The molecule has 2 rings (SSSR count). The van der Waals surface area contributed by atoms with Crippen molar-refractivity contribution >= 4 is 34.8 Å². The highest BCUT2D eigenvalue weighted by molar-refractivity contribution is 6.18. The van der Waals surface area contributed by atoms with Crippen LogP contribution < -0.4 is 10.6 Å². The lowest BCUT2D eigenvalue weighted by Crippen LogP contribution is -2.15. The van der Waals surface area contributed by atoms with Crippen LogP contribution in [0.25, 0.3) is 0 Å². The van der Waals surface area contributed by atoms with E-state index in [0.717, 1.165) is 5.56 Å². The minimum atomic E-state index is -0.0955. The SMILES string of the molecule is O=C(CCCCl)Nc1cccc(NC(=O)Cc2ccccc2)c1. The number of amides is 2. The van der Waals surface area contributed by atoms with Crippen molar-refractivity contribution in [2.75, 3.05) is 16.5 Å². The Bertz CT molecular complexity index is 659. The summed E-state index contributed by atoms with van der Waals surface area (Å²) in [6.07, 6.45) is 1.34. The van der Waals surface area contributed by atoms with Crippen LogP contribution >= 0.6 is 11.6 Å². The molecular formula is C18H19ClN2O2. The highest BCUT2D eigenvalue weighted by atomic mass is 35.5. The van der Waals surface area contributed by atoms with Gasteiger partial charge in [0.15, 0.2) is 0 Å². The number of hydrogen-bond donors (Lipinski definition) is 2. The average molecular weight is 331 g/mol. The molecule has 2 N–H and O–H groups in total. The Morgan fingerprint density at radius 2 is 1.52 bits per heavy atom. The fourth-order valence-electron chi connectivity index (χ4n) is 2.11. The van der Waals surface area contributed by atoms with Crippen molar-refractivity contribution in [2.24, 2.45) is 0 Å². The molecule has 0 aromatic heterocycles. The van der Waals surface area contributed by atoms with Crippen molar-refractivity contribution in [3.8, 4) is 0 Å². The van der Waals surface area contributed by atoms with Crippen LogP contribution in [0.2, 0.25) is 0 Å². The highest BCUT2D eigenvalue weighted by Gasteiger charge is 2.06. The molecule has 0 saturated carbocycles. The van der Waals surface area contributed by atoms with E-state index in [2.05, 4.69) is 10.6 Å². The van der Waals surface area contributed by atoms with Crippen LogP contribution in [0.3, 0.4) is 0 Å². The van der Waals surface area contributed by atoms with Gasteiger partial charge in [-0.2, -0.15) is 0 Å². The molecule has 0 bridgehead atoms. The maximum absolute atomic E-state index is 12.0. The second-order valence-corrected chi connectivity index (χ2v) is 5.51. The van der Waals surface area contributed by atoms with Gasteiger partial charge in [-0.15, -0.1) is 11.6 Å². The molecule has 0 heterocycles. The molecule has 0 aliphatic rings. The van der Waals surface area contributed by atoms with E-state index in [1.54, 1.807) is 24.3 Å². The quantitative estimate of drug-likeness (QED) is 0.758. The van der Waals surface area contributed by atoms with Gasteiger partial charge in [0.25, 0.3) is 0 Å². The molecule has 2 aromatic carbocycles. The molecule has 120 valence electrons. The van der Waals surface area contributed by atoms with Crippen molar-refractivity contribution in [3.05, 3.63) is 60.2 Å². The predicted octanol–water partition coefficient (Wildman–Crippen LogP) is 3.83. The number of alkyl halides is 1. The van der Waals surface area contributed by atoms with Crippen molar-refractivity contribution in [1.29, 1.82) is 0 Å². The Hall–Kier alpha value is -2.33. The van der Waals surface area contributed by atoms with Gasteiger partial charge in [-0.25, -0.2) is 0 Å². The first-order valence-corrected chi connectivity index (χ1v) is 8.00. The predicted molar refractivity (Wildman–Crippen MR) is 93.8 cm³/mol. The van der Waals surface area contributed by atoms with E-state index in [9.17, 15) is 9.59 Å². The van der Waals surface area contributed by atoms with Gasteiger partial charge < -0.3 is 10.6 Å². The van der Waals surface area contributed by atoms with Gasteiger partial charge in [0, 0.05) is 23.7 Å². The van der Waals surface area contributed by atoms with E-state index in [1.165, 1.54) is 0 Å². The summed E-state index contributed by atoms with van der Waals surface area (Å²) >= 11 is 5.57. The van der Waals surface area contributed by atoms with Gasteiger partial charge in [-0.1, -0.05) is 36.4 Å². The molecule has 5 heteroatoms. The second kappa shape index (κ2) is 8.96. The van der Waals surface area contributed by atoms with E-state index in [0.29, 0.717) is 36.5 Å². The minimum absolute atomic E-state index is 0.0848. The van der Waals surface area contributed by atoms with Crippen LogP contribution in [0.15, 0.2) is 54.6 Å². The van der Waals surface area contributed by atoms with Crippen molar-refractivity contribution in [1.82, 2.24) is 0 Å². The number of carbonyl (C=O) groups is 2. The van der Waals surface area contributed by atoms with Crippen molar-refractivity contribution in [2.45, 2.75) is 19.3 Å². The number of benzene rings is 2. The summed E-state index contributed by atoms with van der Waals surface area (Å²) in [7, 11) is 0. The molecule has 23 heavy (non-hydrogen) atoms. The Labute approximate surface area is 140 Å². The number of rotatable bonds is 7. The normalized spacial score (nSPS) is 10.1. The zero-order chi connectivity index (χ0) is 16.5. The molecule has 0 spiro atoms. The topological polar surface area (TPSA) is 58.2 Å². The molecule has 0 atom stereocenters. The molecule has 0 radical (unpaired) electrons. The number of nitrogens with one attached hydrogen (secondary N) is 2. The average Bonchev–Trinajstić information content (AvgIpc) is 2.54. The lowest BCUT2D eigenvalue weighted by Gasteiger charge is -2.09. The van der Waals surface area contributed by atoms with Gasteiger partial charge >= 0.3 is 0 Å². The third-order valence-electron chi connectivity index (χ3n) is 3.18. The Morgan fingerprint density at radius 1 is 0.870 bits per heavy atom. The molecule has 0 aliphatic heterocycles. The van der Waals surface area contributed by atoms with Crippen molar-refractivity contribution < 1.29 is 9.59 Å². The summed E-state index contributed by atoms with van der Waals surface area (Å²) < 4.78 is 0. The molecule has 0 saturated heterocycles. The molecule has 0 unspecified atom stereocenters. The van der Waals surface area contributed by atoms with E-state index >= 15 is 0 Å². The van der Waals surface area contributed by atoms with Crippen LogP contribution in [0.4, 0.5) is 11.4 Å². The lowest BCUT2D eigenvalue weighted by atomic mass is 10.1. The summed E-state index contributed by atoms with van der Waals surface area (Å²) in [6.45, 7) is 0. The molecular weight excluding hydrogens is 312 g/mol. The molecule has 2 amide bonds. The number of halogens is 1. The first-order chi connectivity index (χ1) is 11.2. The lowest BCUT2D eigenvalue weighted by molar-refractivity contribution is -0.116. The number of hydrogen-bond acceptors (Lipinski definition) is 2. The van der Waals surface area contributed by atoms with E-state index in [4.69, 9.17) is 11.6 Å². The third kappa shape index (κ3) is 6.12. The van der Waals surface area contributed by atoms with Gasteiger partial charge in [0.05, 0.1) is 6.42 Å². The Balaban J connectivity index is 1.91. The zero-order valence-electron chi connectivity index (χ0n) is 12.7. The zero-order valence-corrected chi connectivity index (χ0v) is 13.5. The number of anilines is 2. The smallest absolute Gasteiger partial charge is 0.228 e. The molecule has 2 aromatic rings. The first kappa shape index (κ1) is 17.0. The van der Waals surface area contributed by atoms with Gasteiger partial charge in [-0.05, 0) is 30.2 Å². The van der Waals surface area contributed by atoms with Crippen LogP contribution in [-0.4, -0.2) is 17.7 Å². The summed E-state index contributed by atoms with van der Waals surface area (Å²) in [6, 6.07) is 16.6. The summed E-state index contributed by atoms with van der Waals surface area (Å²) in [5, 5.41) is 5.63. The summed E-state index contributed by atoms with van der Waals surface area (Å²) in [5.74, 6) is 0.281. The first-order valence-electron chi connectivity index (χ1n) is 7.47. The molecule has 0 aliphatic carbocycles. The monoisotopic (exact) mass is 330 g/mol. The van der Waals surface area contributed by atoms with E-state index in [1.807, 2.05) is 30.3 Å². The molecule has 4 nitrogen and oxygen atoms in total. The fraction of sp³-hybridized carbons (Fsp3) is 0.222. The fourth-order valence-corrected chi connectivity index (χ4v) is 2.25. The largest absolute Gasteiger partial charge is 0.326 e.